The molecule has 1 aliphatic rings. The zero-order valence-corrected chi connectivity index (χ0v) is 16.0. The molecule has 1 atom stereocenters. The third-order valence-corrected chi connectivity index (χ3v) is 5.50. The Morgan fingerprint density at radius 3 is 2.76 bits per heavy atom. The van der Waals surface area contributed by atoms with Crippen LogP contribution in [0.4, 0.5) is 0 Å². The summed E-state index contributed by atoms with van der Waals surface area (Å²) in [5.74, 6) is 1.58. The van der Waals surface area contributed by atoms with Gasteiger partial charge in [0.25, 0.3) is 0 Å². The fraction of sp³-hybridized carbons (Fsp3) is 0.294. The molecule has 0 aliphatic carbocycles. The largest absolute Gasteiger partial charge is 0.492 e. The van der Waals surface area contributed by atoms with Crippen LogP contribution in [0.5, 0.6) is 17.2 Å². The highest BCUT2D eigenvalue weighted by Crippen LogP contribution is 2.31. The lowest BCUT2D eigenvalue weighted by atomic mass is 10.2. The first kappa shape index (κ1) is 18.0. The lowest BCUT2D eigenvalue weighted by Gasteiger charge is -2.26. The Hall–Kier alpha value is -1.77. The summed E-state index contributed by atoms with van der Waals surface area (Å²) in [6.45, 7) is 2.54. The number of fused-ring (bicyclic) bond motifs is 1. The number of rotatable bonds is 6. The number of halogens is 1. The van der Waals surface area contributed by atoms with Crippen LogP contribution in [0.3, 0.4) is 0 Å². The van der Waals surface area contributed by atoms with E-state index in [2.05, 4.69) is 20.7 Å². The molecule has 0 saturated heterocycles. The average molecular weight is 428 g/mol. The van der Waals surface area contributed by atoms with Crippen molar-refractivity contribution in [1.29, 1.82) is 0 Å². The monoisotopic (exact) mass is 427 g/mol. The van der Waals surface area contributed by atoms with Crippen molar-refractivity contribution in [2.45, 2.75) is 17.9 Å². The van der Waals surface area contributed by atoms with Crippen molar-refractivity contribution in [3.05, 3.63) is 46.9 Å². The van der Waals surface area contributed by atoms with Gasteiger partial charge in [-0.05, 0) is 37.3 Å². The van der Waals surface area contributed by atoms with Crippen LogP contribution < -0.4 is 18.9 Å². The zero-order valence-electron chi connectivity index (χ0n) is 13.6. The second-order valence-corrected chi connectivity index (χ2v) is 8.02. The Bertz CT molecular complexity index is 856. The van der Waals surface area contributed by atoms with Gasteiger partial charge in [0.05, 0.1) is 13.2 Å². The Labute approximate surface area is 155 Å². The first-order valence-corrected chi connectivity index (χ1v) is 10.1. The summed E-state index contributed by atoms with van der Waals surface area (Å²) < 4.78 is 45.3. The highest BCUT2D eigenvalue weighted by Gasteiger charge is 2.25. The number of benzene rings is 2. The number of nitrogens with one attached hydrogen (secondary N) is 1. The van der Waals surface area contributed by atoms with Crippen LogP contribution in [-0.4, -0.2) is 34.3 Å². The van der Waals surface area contributed by atoms with E-state index >= 15 is 0 Å². The molecular weight excluding hydrogens is 410 g/mol. The maximum absolute atomic E-state index is 12.7. The molecule has 6 nitrogen and oxygen atoms in total. The zero-order chi connectivity index (χ0) is 17.9. The van der Waals surface area contributed by atoms with Crippen LogP contribution in [0.15, 0.2) is 51.8 Å². The first-order chi connectivity index (χ1) is 12.0. The second kappa shape index (κ2) is 7.63. The number of para-hydroxylation sites is 2. The van der Waals surface area contributed by atoms with Crippen LogP contribution in [0.1, 0.15) is 6.92 Å². The predicted octanol–water partition coefficient (Wildman–Crippen LogP) is 2.97. The molecule has 0 bridgehead atoms. The van der Waals surface area contributed by atoms with Crippen molar-refractivity contribution < 1.29 is 22.6 Å². The van der Waals surface area contributed by atoms with Gasteiger partial charge < -0.3 is 14.2 Å². The lowest BCUT2D eigenvalue weighted by molar-refractivity contribution is 0.0943. The summed E-state index contributed by atoms with van der Waals surface area (Å²) in [5.41, 5.74) is 0. The average Bonchev–Trinajstić information content (AvgIpc) is 2.61. The molecule has 3 rings (SSSR count). The minimum atomic E-state index is -3.75. The van der Waals surface area contributed by atoms with Gasteiger partial charge in [0.15, 0.2) is 11.5 Å². The molecule has 1 unspecified atom stereocenters. The summed E-state index contributed by atoms with van der Waals surface area (Å²) >= 11 is 3.29. The standard InChI is InChI=1S/C17H18BrNO5S/c1-2-22-16-8-7-12(18)9-17(16)25(20,21)19-10-13-11-23-14-5-3-4-6-15(14)24-13/h3-9,13,19H,2,10-11H2,1H3. The van der Waals surface area contributed by atoms with Gasteiger partial charge in [-0.15, -0.1) is 0 Å². The number of hydrogen-bond donors (Lipinski definition) is 1. The quantitative estimate of drug-likeness (QED) is 0.766. The van der Waals surface area contributed by atoms with E-state index in [1.807, 2.05) is 18.2 Å². The molecule has 0 amide bonds. The van der Waals surface area contributed by atoms with Crippen LogP contribution in [-0.2, 0) is 10.0 Å². The summed E-state index contributed by atoms with van der Waals surface area (Å²) in [7, 11) is -3.75. The SMILES string of the molecule is CCOc1ccc(Br)cc1S(=O)(=O)NCC1COc2ccccc2O1. The normalized spacial score (nSPS) is 16.5. The van der Waals surface area contributed by atoms with Gasteiger partial charge in [-0.3, -0.25) is 0 Å². The van der Waals surface area contributed by atoms with Gasteiger partial charge in [0.2, 0.25) is 10.0 Å². The highest BCUT2D eigenvalue weighted by molar-refractivity contribution is 9.10. The van der Waals surface area contributed by atoms with Crippen molar-refractivity contribution in [1.82, 2.24) is 4.72 Å². The molecule has 134 valence electrons. The van der Waals surface area contributed by atoms with Crippen LogP contribution in [0, 0.1) is 0 Å². The molecule has 0 radical (unpaired) electrons. The third kappa shape index (κ3) is 4.26. The Morgan fingerprint density at radius 1 is 1.24 bits per heavy atom. The van der Waals surface area contributed by atoms with Crippen molar-refractivity contribution in [3.8, 4) is 17.2 Å². The van der Waals surface area contributed by atoms with Crippen molar-refractivity contribution >= 4 is 26.0 Å². The summed E-state index contributed by atoms with van der Waals surface area (Å²) in [6, 6.07) is 12.2. The fourth-order valence-corrected chi connectivity index (χ4v) is 4.16. The molecule has 1 heterocycles. The van der Waals surface area contributed by atoms with Crippen LogP contribution in [0.25, 0.3) is 0 Å². The minimum Gasteiger partial charge on any atom is -0.492 e. The molecule has 0 fully saturated rings. The molecular formula is C17H18BrNO5S. The first-order valence-electron chi connectivity index (χ1n) is 7.80. The van der Waals surface area contributed by atoms with E-state index in [9.17, 15) is 8.42 Å². The Kier molecular flexibility index (Phi) is 5.51. The van der Waals surface area contributed by atoms with Crippen LogP contribution in [0.2, 0.25) is 0 Å². The molecule has 1 aliphatic heterocycles. The van der Waals surface area contributed by atoms with E-state index < -0.39 is 16.1 Å². The van der Waals surface area contributed by atoms with E-state index in [0.29, 0.717) is 28.3 Å². The summed E-state index contributed by atoms with van der Waals surface area (Å²) in [6.07, 6.45) is -0.410. The molecule has 8 heteroatoms. The maximum Gasteiger partial charge on any atom is 0.244 e. The smallest absolute Gasteiger partial charge is 0.244 e. The lowest BCUT2D eigenvalue weighted by Crippen LogP contribution is -2.40. The van der Waals surface area contributed by atoms with Gasteiger partial charge in [0, 0.05) is 4.47 Å². The van der Waals surface area contributed by atoms with Gasteiger partial charge in [-0.25, -0.2) is 13.1 Å². The molecule has 0 spiro atoms. The third-order valence-electron chi connectivity index (χ3n) is 3.56. The van der Waals surface area contributed by atoms with Gasteiger partial charge in [0.1, 0.15) is 23.4 Å². The molecule has 0 aromatic heterocycles. The number of ether oxygens (including phenoxy) is 3. The second-order valence-electron chi connectivity index (χ2n) is 5.37. The van der Waals surface area contributed by atoms with Crippen molar-refractivity contribution in [3.63, 3.8) is 0 Å². The van der Waals surface area contributed by atoms with Crippen LogP contribution >= 0.6 is 15.9 Å². The number of hydrogen-bond acceptors (Lipinski definition) is 5. The predicted molar refractivity (Wildman–Crippen MR) is 96.9 cm³/mol. The van der Waals surface area contributed by atoms with E-state index in [1.54, 1.807) is 25.1 Å². The number of sulfonamides is 1. The van der Waals surface area contributed by atoms with Gasteiger partial charge >= 0.3 is 0 Å². The fourth-order valence-electron chi connectivity index (χ4n) is 2.41. The Morgan fingerprint density at radius 2 is 2.00 bits per heavy atom. The Balaban J connectivity index is 1.72. The van der Waals surface area contributed by atoms with Crippen molar-refractivity contribution in [2.24, 2.45) is 0 Å². The van der Waals surface area contributed by atoms with E-state index in [1.165, 1.54) is 6.07 Å². The summed E-state index contributed by atoms with van der Waals surface area (Å²) in [5, 5.41) is 0. The van der Waals surface area contributed by atoms with Crippen molar-refractivity contribution in [2.75, 3.05) is 19.8 Å². The van der Waals surface area contributed by atoms with Gasteiger partial charge in [-0.1, -0.05) is 28.1 Å². The van der Waals surface area contributed by atoms with E-state index in [4.69, 9.17) is 14.2 Å². The molecule has 2 aromatic rings. The minimum absolute atomic E-state index is 0.0841. The molecule has 2 aromatic carbocycles. The van der Waals surface area contributed by atoms with E-state index in [0.717, 1.165) is 0 Å². The molecule has 1 N–H and O–H groups in total. The van der Waals surface area contributed by atoms with E-state index in [-0.39, 0.29) is 18.0 Å². The highest BCUT2D eigenvalue weighted by atomic mass is 79.9. The molecule has 25 heavy (non-hydrogen) atoms. The molecule has 0 saturated carbocycles. The van der Waals surface area contributed by atoms with Gasteiger partial charge in [-0.2, -0.15) is 0 Å². The summed E-state index contributed by atoms with van der Waals surface area (Å²) in [4.78, 5) is 0.0841. The topological polar surface area (TPSA) is 73.9 Å². The maximum atomic E-state index is 12.7.